The van der Waals surface area contributed by atoms with Crippen LogP contribution < -0.4 is 10.6 Å². The van der Waals surface area contributed by atoms with Gasteiger partial charge in [0.2, 0.25) is 11.8 Å². The van der Waals surface area contributed by atoms with E-state index in [4.69, 9.17) is 0 Å². The molecule has 0 spiro atoms. The van der Waals surface area contributed by atoms with Crippen LogP contribution in [0.15, 0.2) is 18.2 Å². The van der Waals surface area contributed by atoms with Gasteiger partial charge in [-0.15, -0.1) is 0 Å². The molecule has 0 unspecified atom stereocenters. The third-order valence-electron chi connectivity index (χ3n) is 8.45. The molecule has 2 fully saturated rings. The highest BCUT2D eigenvalue weighted by atomic mass is 19.1. The maximum absolute atomic E-state index is 14.4. The molecule has 1 aliphatic heterocycles. The third kappa shape index (κ3) is 8.78. The molecule has 1 aliphatic carbocycles. The molecular weight excluding hydrogens is 469 g/mol. The standard InChI is InChI=1S/C30H48FN3O3/c1-22-15-27(19-28(31)16-22)30(37,12-8-13-33-23(2)35)26-11-7-14-34(21-26)29(36)18-25(20-32-3)17-24-9-5-4-6-10-24/h15-16,19,24-26,32,37H,4-14,17-18,20-21H2,1-3H3,(H,33,35)/t25-,26-,30+/m1/s1. The topological polar surface area (TPSA) is 81.7 Å². The molecule has 0 radical (unpaired) electrons. The second-order valence-corrected chi connectivity index (χ2v) is 11.6. The molecule has 0 aromatic heterocycles. The Balaban J connectivity index is 1.71. The molecule has 3 atom stereocenters. The Morgan fingerprint density at radius 1 is 1.16 bits per heavy atom. The Kier molecular flexibility index (Phi) is 11.4. The van der Waals surface area contributed by atoms with Gasteiger partial charge in [-0.2, -0.15) is 0 Å². The minimum absolute atomic E-state index is 0.107. The van der Waals surface area contributed by atoms with E-state index in [-0.39, 0.29) is 23.5 Å². The number of hydrogen-bond donors (Lipinski definition) is 3. The summed E-state index contributed by atoms with van der Waals surface area (Å²) in [5.41, 5.74) is 0.0608. The van der Waals surface area contributed by atoms with Crippen molar-refractivity contribution in [3.63, 3.8) is 0 Å². The van der Waals surface area contributed by atoms with Crippen molar-refractivity contribution in [2.24, 2.45) is 17.8 Å². The van der Waals surface area contributed by atoms with Crippen LogP contribution in [0.2, 0.25) is 0 Å². The van der Waals surface area contributed by atoms with Crippen LogP contribution in [0.3, 0.4) is 0 Å². The fraction of sp³-hybridized carbons (Fsp3) is 0.733. The summed E-state index contributed by atoms with van der Waals surface area (Å²) in [6, 6.07) is 4.75. The molecule has 1 aromatic carbocycles. The van der Waals surface area contributed by atoms with Crippen LogP contribution in [-0.4, -0.2) is 55.0 Å². The van der Waals surface area contributed by atoms with Gasteiger partial charge in [-0.1, -0.05) is 38.2 Å². The Morgan fingerprint density at radius 3 is 2.59 bits per heavy atom. The number of benzene rings is 1. The predicted octanol–water partition coefficient (Wildman–Crippen LogP) is 4.67. The summed E-state index contributed by atoms with van der Waals surface area (Å²) < 4.78 is 14.4. The van der Waals surface area contributed by atoms with Gasteiger partial charge < -0.3 is 20.6 Å². The van der Waals surface area contributed by atoms with Gasteiger partial charge in [-0.25, -0.2) is 4.39 Å². The highest BCUT2D eigenvalue weighted by Crippen LogP contribution is 2.40. The van der Waals surface area contributed by atoms with Crippen LogP contribution in [-0.2, 0) is 15.2 Å². The van der Waals surface area contributed by atoms with Crippen LogP contribution in [0.1, 0.15) is 88.7 Å². The molecule has 3 N–H and O–H groups in total. The quantitative estimate of drug-likeness (QED) is 0.352. The maximum atomic E-state index is 14.4. The average Bonchev–Trinajstić information content (AvgIpc) is 2.86. The molecule has 37 heavy (non-hydrogen) atoms. The molecule has 208 valence electrons. The number of carbonyl (C=O) groups is 2. The summed E-state index contributed by atoms with van der Waals surface area (Å²) in [5.74, 6) is 0.546. The molecular formula is C30H48FN3O3. The zero-order valence-electron chi connectivity index (χ0n) is 23.2. The summed E-state index contributed by atoms with van der Waals surface area (Å²) in [7, 11) is 1.96. The highest BCUT2D eigenvalue weighted by molar-refractivity contribution is 5.76. The number of likely N-dealkylation sites (tertiary alicyclic amines) is 1. The molecule has 2 aliphatic rings. The number of piperidine rings is 1. The lowest BCUT2D eigenvalue weighted by molar-refractivity contribution is -0.138. The highest BCUT2D eigenvalue weighted by Gasteiger charge is 2.41. The molecule has 6 nitrogen and oxygen atoms in total. The minimum Gasteiger partial charge on any atom is -0.385 e. The smallest absolute Gasteiger partial charge is 0.222 e. The van der Waals surface area contributed by atoms with Crippen LogP contribution in [0.5, 0.6) is 0 Å². The number of halogens is 1. The lowest BCUT2D eigenvalue weighted by atomic mass is 9.74. The largest absolute Gasteiger partial charge is 0.385 e. The van der Waals surface area contributed by atoms with E-state index < -0.39 is 5.60 Å². The maximum Gasteiger partial charge on any atom is 0.222 e. The number of hydrogen-bond acceptors (Lipinski definition) is 4. The van der Waals surface area contributed by atoms with E-state index in [1.165, 1.54) is 51.2 Å². The molecule has 1 aromatic rings. The summed E-state index contributed by atoms with van der Waals surface area (Å²) >= 11 is 0. The number of amides is 2. The number of nitrogens with zero attached hydrogens (tertiary/aromatic N) is 1. The van der Waals surface area contributed by atoms with Gasteiger partial charge >= 0.3 is 0 Å². The van der Waals surface area contributed by atoms with Gasteiger partial charge in [0, 0.05) is 38.9 Å². The Bertz CT molecular complexity index is 869. The Hall–Kier alpha value is -1.99. The minimum atomic E-state index is -1.27. The SMILES string of the molecule is CNC[C@@H](CC(=O)N1CCC[C@@H]([C@@](O)(CCCNC(C)=O)c2cc(C)cc(F)c2)C1)CC1CCCCC1. The Morgan fingerprint density at radius 2 is 1.92 bits per heavy atom. The molecule has 1 saturated heterocycles. The van der Waals surface area contributed by atoms with Crippen LogP contribution >= 0.6 is 0 Å². The first-order valence-electron chi connectivity index (χ1n) is 14.4. The third-order valence-corrected chi connectivity index (χ3v) is 8.45. The number of aryl methyl sites for hydroxylation is 1. The first kappa shape index (κ1) is 29.6. The van der Waals surface area contributed by atoms with Crippen molar-refractivity contribution < 1.29 is 19.1 Å². The van der Waals surface area contributed by atoms with Gasteiger partial charge in [0.1, 0.15) is 5.82 Å². The molecule has 1 heterocycles. The Labute approximate surface area is 222 Å². The van der Waals surface area contributed by atoms with E-state index in [1.807, 2.05) is 24.9 Å². The monoisotopic (exact) mass is 517 g/mol. The van der Waals surface area contributed by atoms with E-state index in [1.54, 1.807) is 0 Å². The zero-order chi connectivity index (χ0) is 26.8. The van der Waals surface area contributed by atoms with Crippen molar-refractivity contribution in [2.75, 3.05) is 33.2 Å². The lowest BCUT2D eigenvalue weighted by Crippen LogP contribution is -2.49. The zero-order valence-corrected chi connectivity index (χ0v) is 23.2. The van der Waals surface area contributed by atoms with Crippen molar-refractivity contribution in [3.8, 4) is 0 Å². The summed E-state index contributed by atoms with van der Waals surface area (Å²) in [5, 5.41) is 18.2. The fourth-order valence-corrected chi connectivity index (χ4v) is 6.58. The van der Waals surface area contributed by atoms with Crippen molar-refractivity contribution in [3.05, 3.63) is 35.1 Å². The van der Waals surface area contributed by atoms with E-state index in [0.717, 1.165) is 37.3 Å². The molecule has 0 bridgehead atoms. The first-order chi connectivity index (χ1) is 17.7. The first-order valence-corrected chi connectivity index (χ1v) is 14.4. The lowest BCUT2D eigenvalue weighted by Gasteiger charge is -2.43. The van der Waals surface area contributed by atoms with E-state index >= 15 is 0 Å². The summed E-state index contributed by atoms with van der Waals surface area (Å²) in [6.45, 7) is 5.77. The van der Waals surface area contributed by atoms with Gasteiger partial charge in [0.05, 0.1) is 5.60 Å². The predicted molar refractivity (Wildman–Crippen MR) is 145 cm³/mol. The van der Waals surface area contributed by atoms with E-state index in [2.05, 4.69) is 10.6 Å². The van der Waals surface area contributed by atoms with Crippen molar-refractivity contribution in [2.45, 2.75) is 90.1 Å². The van der Waals surface area contributed by atoms with Crippen molar-refractivity contribution in [1.82, 2.24) is 15.5 Å². The molecule has 3 rings (SSSR count). The summed E-state index contributed by atoms with van der Waals surface area (Å²) in [6.07, 6.45) is 10.7. The van der Waals surface area contributed by atoms with Gasteiger partial charge in [-0.05, 0) is 87.7 Å². The second-order valence-electron chi connectivity index (χ2n) is 11.6. The second kappa shape index (κ2) is 14.2. The fourth-order valence-electron chi connectivity index (χ4n) is 6.58. The normalized spacial score (nSPS) is 21.3. The van der Waals surface area contributed by atoms with E-state index in [0.29, 0.717) is 50.4 Å². The number of nitrogens with one attached hydrogen (secondary N) is 2. The van der Waals surface area contributed by atoms with Crippen LogP contribution in [0.4, 0.5) is 4.39 Å². The van der Waals surface area contributed by atoms with Crippen LogP contribution in [0, 0.1) is 30.5 Å². The van der Waals surface area contributed by atoms with Gasteiger partial charge in [0.25, 0.3) is 0 Å². The molecule has 2 amide bonds. The van der Waals surface area contributed by atoms with Gasteiger partial charge in [-0.3, -0.25) is 9.59 Å². The average molecular weight is 518 g/mol. The van der Waals surface area contributed by atoms with E-state index in [9.17, 15) is 19.1 Å². The van der Waals surface area contributed by atoms with Crippen molar-refractivity contribution in [1.29, 1.82) is 0 Å². The number of carbonyl (C=O) groups excluding carboxylic acids is 2. The van der Waals surface area contributed by atoms with Gasteiger partial charge in [0.15, 0.2) is 0 Å². The number of rotatable bonds is 12. The van der Waals surface area contributed by atoms with Crippen LogP contribution in [0.25, 0.3) is 0 Å². The number of aliphatic hydroxyl groups is 1. The van der Waals surface area contributed by atoms with Crippen molar-refractivity contribution >= 4 is 11.8 Å². The molecule has 1 saturated carbocycles. The molecule has 7 heteroatoms. The summed E-state index contributed by atoms with van der Waals surface area (Å²) in [4.78, 5) is 26.8.